The summed E-state index contributed by atoms with van der Waals surface area (Å²) < 4.78 is -0.316. The molecule has 0 bridgehead atoms. The van der Waals surface area contributed by atoms with Crippen LogP contribution in [0.3, 0.4) is 0 Å². The maximum absolute atomic E-state index is 11.8. The highest BCUT2D eigenvalue weighted by Gasteiger charge is 2.12. The number of nitrogens with zero attached hydrogens (tertiary/aromatic N) is 3. The normalized spacial score (nSPS) is 11.4. The fourth-order valence-electron chi connectivity index (χ4n) is 1.99. The predicted octanol–water partition coefficient (Wildman–Crippen LogP) is 3.32. The van der Waals surface area contributed by atoms with Crippen molar-refractivity contribution in [3.63, 3.8) is 0 Å². The first-order chi connectivity index (χ1) is 9.94. The molecular formula is C16H20ClN3O. The molecule has 4 nitrogen and oxygen atoms in total. The SMILES string of the molecule is C[N+](C)([O-])CCN(Cc1ccc(Cl)cc1)c1ccccn1. The van der Waals surface area contributed by atoms with E-state index >= 15 is 0 Å². The Bertz CT molecular complexity index is 552. The molecular weight excluding hydrogens is 286 g/mol. The number of anilines is 1. The molecule has 112 valence electrons. The molecule has 0 aliphatic carbocycles. The molecule has 0 amide bonds. The summed E-state index contributed by atoms with van der Waals surface area (Å²) in [6.07, 6.45) is 1.77. The summed E-state index contributed by atoms with van der Waals surface area (Å²) in [6.45, 7) is 1.86. The molecule has 1 aromatic carbocycles. The van der Waals surface area contributed by atoms with Crippen LogP contribution in [-0.2, 0) is 6.54 Å². The van der Waals surface area contributed by atoms with Crippen molar-refractivity contribution in [1.82, 2.24) is 4.98 Å². The molecule has 0 spiro atoms. The van der Waals surface area contributed by atoms with Gasteiger partial charge in [0.05, 0.1) is 27.2 Å². The number of pyridine rings is 1. The molecule has 1 heterocycles. The van der Waals surface area contributed by atoms with Gasteiger partial charge in [0.25, 0.3) is 0 Å². The van der Waals surface area contributed by atoms with Crippen molar-refractivity contribution in [3.8, 4) is 0 Å². The molecule has 0 aliphatic rings. The lowest BCUT2D eigenvalue weighted by Crippen LogP contribution is -2.40. The van der Waals surface area contributed by atoms with Gasteiger partial charge in [-0.15, -0.1) is 0 Å². The number of aromatic nitrogens is 1. The third kappa shape index (κ3) is 5.34. The van der Waals surface area contributed by atoms with Crippen molar-refractivity contribution in [2.75, 3.05) is 32.1 Å². The fourth-order valence-corrected chi connectivity index (χ4v) is 2.11. The van der Waals surface area contributed by atoms with E-state index in [-0.39, 0.29) is 4.65 Å². The molecule has 0 atom stereocenters. The molecule has 0 N–H and O–H groups in total. The molecule has 2 rings (SSSR count). The van der Waals surface area contributed by atoms with Crippen LogP contribution in [0.4, 0.5) is 5.82 Å². The largest absolute Gasteiger partial charge is 0.633 e. The highest BCUT2D eigenvalue weighted by Crippen LogP contribution is 2.16. The van der Waals surface area contributed by atoms with Gasteiger partial charge in [-0.3, -0.25) is 0 Å². The first kappa shape index (κ1) is 15.8. The van der Waals surface area contributed by atoms with Crippen molar-refractivity contribution in [3.05, 3.63) is 64.5 Å². The Morgan fingerprint density at radius 1 is 1.14 bits per heavy atom. The van der Waals surface area contributed by atoms with Gasteiger partial charge in [0.1, 0.15) is 5.82 Å². The zero-order valence-corrected chi connectivity index (χ0v) is 13.1. The summed E-state index contributed by atoms with van der Waals surface area (Å²) >= 11 is 5.92. The second-order valence-corrected chi connectivity index (χ2v) is 5.97. The van der Waals surface area contributed by atoms with Crippen LogP contribution in [0, 0.1) is 5.21 Å². The van der Waals surface area contributed by atoms with Crippen molar-refractivity contribution >= 4 is 17.4 Å². The maximum Gasteiger partial charge on any atom is 0.128 e. The average Bonchev–Trinajstić information content (AvgIpc) is 2.45. The third-order valence-electron chi connectivity index (χ3n) is 3.17. The van der Waals surface area contributed by atoms with Crippen LogP contribution in [0.5, 0.6) is 0 Å². The number of rotatable bonds is 6. The molecule has 0 saturated heterocycles. The Morgan fingerprint density at radius 3 is 2.43 bits per heavy atom. The van der Waals surface area contributed by atoms with Gasteiger partial charge in [0, 0.05) is 17.8 Å². The van der Waals surface area contributed by atoms with E-state index in [1.54, 1.807) is 20.3 Å². The van der Waals surface area contributed by atoms with Crippen molar-refractivity contribution < 1.29 is 4.65 Å². The molecule has 0 saturated carbocycles. The van der Waals surface area contributed by atoms with Crippen LogP contribution < -0.4 is 4.90 Å². The van der Waals surface area contributed by atoms with Gasteiger partial charge >= 0.3 is 0 Å². The monoisotopic (exact) mass is 305 g/mol. The van der Waals surface area contributed by atoms with Gasteiger partial charge in [-0.05, 0) is 29.8 Å². The first-order valence-electron chi connectivity index (χ1n) is 6.88. The number of quaternary nitrogens is 1. The van der Waals surface area contributed by atoms with Crippen LogP contribution in [-0.4, -0.2) is 36.8 Å². The number of benzene rings is 1. The summed E-state index contributed by atoms with van der Waals surface area (Å²) in [5.74, 6) is 0.876. The lowest BCUT2D eigenvalue weighted by atomic mass is 10.2. The van der Waals surface area contributed by atoms with Gasteiger partial charge in [0.2, 0.25) is 0 Å². The van der Waals surface area contributed by atoms with Crippen molar-refractivity contribution in [2.24, 2.45) is 0 Å². The summed E-state index contributed by atoms with van der Waals surface area (Å²) in [7, 11) is 3.30. The van der Waals surface area contributed by atoms with Gasteiger partial charge in [-0.25, -0.2) is 4.98 Å². The van der Waals surface area contributed by atoms with E-state index in [1.807, 2.05) is 42.5 Å². The summed E-state index contributed by atoms with van der Waals surface area (Å²) in [6, 6.07) is 13.5. The fraction of sp³-hybridized carbons (Fsp3) is 0.312. The van der Waals surface area contributed by atoms with Gasteiger partial charge in [0.15, 0.2) is 0 Å². The molecule has 0 aliphatic heterocycles. The standard InChI is InChI=1S/C16H20ClN3O/c1-20(2,21)12-11-19(16-5-3-4-10-18-16)13-14-6-8-15(17)9-7-14/h3-10H,11-13H2,1-2H3. The highest BCUT2D eigenvalue weighted by molar-refractivity contribution is 6.30. The van der Waals surface area contributed by atoms with Gasteiger partial charge < -0.3 is 14.8 Å². The Balaban J connectivity index is 2.13. The van der Waals surface area contributed by atoms with Crippen LogP contribution >= 0.6 is 11.6 Å². The van der Waals surface area contributed by atoms with Gasteiger partial charge in [-0.2, -0.15) is 0 Å². The van der Waals surface area contributed by atoms with E-state index in [2.05, 4.69) is 9.88 Å². The Kier molecular flexibility index (Phi) is 5.17. The minimum absolute atomic E-state index is 0.316. The first-order valence-corrected chi connectivity index (χ1v) is 7.26. The molecule has 0 fully saturated rings. The van der Waals surface area contributed by atoms with E-state index in [4.69, 9.17) is 11.6 Å². The Hall–Kier alpha value is -1.62. The number of halogens is 1. The summed E-state index contributed by atoms with van der Waals surface area (Å²) in [4.78, 5) is 6.50. The van der Waals surface area contributed by atoms with Gasteiger partial charge in [-0.1, -0.05) is 29.8 Å². The minimum atomic E-state index is -0.316. The molecule has 2 aromatic rings. The van der Waals surface area contributed by atoms with E-state index in [0.717, 1.165) is 16.4 Å². The second-order valence-electron chi connectivity index (χ2n) is 5.53. The van der Waals surface area contributed by atoms with E-state index in [1.165, 1.54) is 0 Å². The summed E-state index contributed by atoms with van der Waals surface area (Å²) in [5, 5.41) is 12.5. The Labute approximate surface area is 130 Å². The van der Waals surface area contributed by atoms with E-state index in [9.17, 15) is 5.21 Å². The number of likely N-dealkylation sites (N-methyl/N-ethyl adjacent to an activating group) is 1. The molecule has 1 aromatic heterocycles. The molecule has 0 radical (unpaired) electrons. The van der Waals surface area contributed by atoms with Crippen LogP contribution in [0.1, 0.15) is 5.56 Å². The third-order valence-corrected chi connectivity index (χ3v) is 3.42. The van der Waals surface area contributed by atoms with Crippen LogP contribution in [0.25, 0.3) is 0 Å². The summed E-state index contributed by atoms with van der Waals surface area (Å²) in [5.41, 5.74) is 1.14. The smallest absolute Gasteiger partial charge is 0.128 e. The topological polar surface area (TPSA) is 39.2 Å². The molecule has 5 heteroatoms. The lowest BCUT2D eigenvalue weighted by Gasteiger charge is -2.36. The zero-order chi connectivity index (χ0) is 15.3. The lowest BCUT2D eigenvalue weighted by molar-refractivity contribution is -0.838. The predicted molar refractivity (Wildman–Crippen MR) is 87.1 cm³/mol. The van der Waals surface area contributed by atoms with Crippen molar-refractivity contribution in [1.29, 1.82) is 0 Å². The second kappa shape index (κ2) is 6.89. The molecule has 21 heavy (non-hydrogen) atoms. The minimum Gasteiger partial charge on any atom is -0.633 e. The zero-order valence-electron chi connectivity index (χ0n) is 12.4. The average molecular weight is 306 g/mol. The Morgan fingerprint density at radius 2 is 1.86 bits per heavy atom. The van der Waals surface area contributed by atoms with Crippen LogP contribution in [0.2, 0.25) is 5.02 Å². The molecule has 0 unspecified atom stereocenters. The van der Waals surface area contributed by atoms with E-state index < -0.39 is 0 Å². The van der Waals surface area contributed by atoms with E-state index in [0.29, 0.717) is 19.6 Å². The van der Waals surface area contributed by atoms with Crippen molar-refractivity contribution in [2.45, 2.75) is 6.54 Å². The maximum atomic E-state index is 11.8. The number of hydrogen-bond donors (Lipinski definition) is 0. The highest BCUT2D eigenvalue weighted by atomic mass is 35.5. The number of hydrogen-bond acceptors (Lipinski definition) is 3. The van der Waals surface area contributed by atoms with Crippen LogP contribution in [0.15, 0.2) is 48.7 Å². The quantitative estimate of drug-likeness (QED) is 0.607. The number of hydroxylamine groups is 3.